The van der Waals surface area contributed by atoms with E-state index in [1.807, 2.05) is 0 Å². The molecule has 0 fully saturated rings. The first-order chi connectivity index (χ1) is 8.76. The molecule has 18 heavy (non-hydrogen) atoms. The van der Waals surface area contributed by atoms with Gasteiger partial charge in [0.25, 0.3) is 0 Å². The first-order valence-corrected chi connectivity index (χ1v) is 7.33. The molecule has 102 valence electrons. The van der Waals surface area contributed by atoms with Crippen LogP contribution in [0.25, 0.3) is 0 Å². The molecule has 0 bridgehead atoms. The second kappa shape index (κ2) is 8.25. The van der Waals surface area contributed by atoms with Crippen molar-refractivity contribution in [1.82, 2.24) is 15.2 Å². The minimum atomic E-state index is 0.587. The molecular weight excluding hydrogens is 248 g/mol. The van der Waals surface area contributed by atoms with Crippen LogP contribution in [0.3, 0.4) is 0 Å². The van der Waals surface area contributed by atoms with E-state index in [2.05, 4.69) is 40.9 Å². The summed E-state index contributed by atoms with van der Waals surface area (Å²) in [5, 5.41) is 8.52. The minimum Gasteiger partial charge on any atom is -0.338 e. The SMILES string of the molecule is CCCCN(CCCl)c1nnc(CC)c(CC)n1. The Morgan fingerprint density at radius 3 is 2.28 bits per heavy atom. The highest BCUT2D eigenvalue weighted by atomic mass is 35.5. The lowest BCUT2D eigenvalue weighted by atomic mass is 10.2. The number of hydrogen-bond acceptors (Lipinski definition) is 4. The van der Waals surface area contributed by atoms with E-state index < -0.39 is 0 Å². The summed E-state index contributed by atoms with van der Waals surface area (Å²) in [6.45, 7) is 8.08. The Morgan fingerprint density at radius 2 is 1.72 bits per heavy atom. The van der Waals surface area contributed by atoms with Gasteiger partial charge in [-0.2, -0.15) is 5.10 Å². The molecule has 0 aromatic carbocycles. The average molecular weight is 271 g/mol. The van der Waals surface area contributed by atoms with Gasteiger partial charge in [0, 0.05) is 19.0 Å². The van der Waals surface area contributed by atoms with Gasteiger partial charge in [-0.05, 0) is 19.3 Å². The number of rotatable bonds is 8. The van der Waals surface area contributed by atoms with Crippen LogP contribution in [0.2, 0.25) is 0 Å². The maximum atomic E-state index is 5.84. The molecule has 1 aromatic rings. The van der Waals surface area contributed by atoms with Crippen LogP contribution in [0.5, 0.6) is 0 Å². The van der Waals surface area contributed by atoms with Crippen LogP contribution in [0.1, 0.15) is 45.0 Å². The predicted octanol–water partition coefficient (Wildman–Crippen LogP) is 2.84. The van der Waals surface area contributed by atoms with Crippen LogP contribution < -0.4 is 4.90 Å². The third-order valence-corrected chi connectivity index (χ3v) is 3.09. The molecule has 0 amide bonds. The molecule has 0 spiro atoms. The van der Waals surface area contributed by atoms with Crippen LogP contribution in [0, 0.1) is 0 Å². The molecule has 1 rings (SSSR count). The third-order valence-electron chi connectivity index (χ3n) is 2.92. The summed E-state index contributed by atoms with van der Waals surface area (Å²) in [6, 6.07) is 0. The van der Waals surface area contributed by atoms with Gasteiger partial charge in [-0.25, -0.2) is 4.98 Å². The van der Waals surface area contributed by atoms with Gasteiger partial charge in [-0.15, -0.1) is 16.7 Å². The van der Waals surface area contributed by atoms with Crippen molar-refractivity contribution in [3.63, 3.8) is 0 Å². The number of unbranched alkanes of at least 4 members (excludes halogenated alkanes) is 1. The Morgan fingerprint density at radius 1 is 1.00 bits per heavy atom. The summed E-state index contributed by atoms with van der Waals surface area (Å²) >= 11 is 5.84. The number of aryl methyl sites for hydroxylation is 2. The number of aromatic nitrogens is 3. The van der Waals surface area contributed by atoms with E-state index in [1.165, 1.54) is 0 Å². The topological polar surface area (TPSA) is 41.9 Å². The van der Waals surface area contributed by atoms with Gasteiger partial charge < -0.3 is 4.90 Å². The molecule has 0 aliphatic carbocycles. The summed E-state index contributed by atoms with van der Waals surface area (Å²) in [5.41, 5.74) is 2.06. The molecule has 0 aliphatic rings. The fourth-order valence-corrected chi connectivity index (χ4v) is 2.03. The third kappa shape index (κ3) is 4.09. The number of hydrogen-bond donors (Lipinski definition) is 0. The molecular formula is C13H23ClN4. The maximum absolute atomic E-state index is 5.84. The van der Waals surface area contributed by atoms with Crippen LogP contribution in [0.4, 0.5) is 5.95 Å². The Kier molecular flexibility index (Phi) is 6.94. The van der Waals surface area contributed by atoms with E-state index in [-0.39, 0.29) is 0 Å². The fraction of sp³-hybridized carbons (Fsp3) is 0.769. The van der Waals surface area contributed by atoms with Crippen molar-refractivity contribution >= 4 is 17.5 Å². The van der Waals surface area contributed by atoms with Crippen molar-refractivity contribution in [2.24, 2.45) is 0 Å². The normalized spacial score (nSPS) is 10.7. The van der Waals surface area contributed by atoms with E-state index in [4.69, 9.17) is 11.6 Å². The second-order valence-corrected chi connectivity index (χ2v) is 4.62. The summed E-state index contributed by atoms with van der Waals surface area (Å²) in [5.74, 6) is 1.31. The summed E-state index contributed by atoms with van der Waals surface area (Å²) in [7, 11) is 0. The quantitative estimate of drug-likeness (QED) is 0.681. The first-order valence-electron chi connectivity index (χ1n) is 6.80. The van der Waals surface area contributed by atoms with E-state index in [9.17, 15) is 0 Å². The molecule has 0 N–H and O–H groups in total. The zero-order valence-electron chi connectivity index (χ0n) is 11.6. The van der Waals surface area contributed by atoms with Crippen LogP contribution in [-0.2, 0) is 12.8 Å². The van der Waals surface area contributed by atoms with Crippen molar-refractivity contribution in [3.05, 3.63) is 11.4 Å². The number of alkyl halides is 1. The Balaban J connectivity index is 2.89. The number of anilines is 1. The van der Waals surface area contributed by atoms with Crippen molar-refractivity contribution in [1.29, 1.82) is 0 Å². The van der Waals surface area contributed by atoms with Crippen molar-refractivity contribution in [2.75, 3.05) is 23.9 Å². The van der Waals surface area contributed by atoms with E-state index >= 15 is 0 Å². The molecule has 0 unspecified atom stereocenters. The molecule has 0 saturated carbocycles. The molecule has 1 aromatic heterocycles. The number of nitrogens with zero attached hydrogens (tertiary/aromatic N) is 4. The Bertz CT molecular complexity index is 357. The zero-order chi connectivity index (χ0) is 13.4. The van der Waals surface area contributed by atoms with Gasteiger partial charge in [-0.3, -0.25) is 0 Å². The highest BCUT2D eigenvalue weighted by Gasteiger charge is 2.12. The van der Waals surface area contributed by atoms with Gasteiger partial charge in [0.1, 0.15) is 0 Å². The standard InChI is InChI=1S/C13H23ClN4/c1-4-7-9-18(10-8-14)13-15-11(5-2)12(6-3)16-17-13/h4-10H2,1-3H3. The second-order valence-electron chi connectivity index (χ2n) is 4.24. The molecule has 0 aliphatic heterocycles. The molecule has 1 heterocycles. The highest BCUT2D eigenvalue weighted by Crippen LogP contribution is 2.12. The van der Waals surface area contributed by atoms with Crippen molar-refractivity contribution in [3.8, 4) is 0 Å². The maximum Gasteiger partial charge on any atom is 0.245 e. The van der Waals surface area contributed by atoms with Crippen LogP contribution in [0.15, 0.2) is 0 Å². The first kappa shape index (κ1) is 15.2. The van der Waals surface area contributed by atoms with E-state index in [0.717, 1.165) is 56.1 Å². The number of halogens is 1. The lowest BCUT2D eigenvalue weighted by Crippen LogP contribution is -2.29. The van der Waals surface area contributed by atoms with E-state index in [1.54, 1.807) is 0 Å². The van der Waals surface area contributed by atoms with Gasteiger partial charge in [-0.1, -0.05) is 27.2 Å². The van der Waals surface area contributed by atoms with Gasteiger partial charge in [0.05, 0.1) is 11.4 Å². The van der Waals surface area contributed by atoms with Crippen LogP contribution in [-0.4, -0.2) is 34.2 Å². The van der Waals surface area contributed by atoms with Crippen LogP contribution >= 0.6 is 11.6 Å². The largest absolute Gasteiger partial charge is 0.338 e. The Labute approximate surface area is 115 Å². The van der Waals surface area contributed by atoms with Gasteiger partial charge in [0.15, 0.2) is 0 Å². The summed E-state index contributed by atoms with van der Waals surface area (Å²) < 4.78 is 0. The predicted molar refractivity (Wildman–Crippen MR) is 76.4 cm³/mol. The van der Waals surface area contributed by atoms with Gasteiger partial charge in [0.2, 0.25) is 5.95 Å². The average Bonchev–Trinajstić information content (AvgIpc) is 2.42. The monoisotopic (exact) mass is 270 g/mol. The lowest BCUT2D eigenvalue weighted by Gasteiger charge is -2.21. The highest BCUT2D eigenvalue weighted by molar-refractivity contribution is 6.18. The molecule has 5 heteroatoms. The smallest absolute Gasteiger partial charge is 0.245 e. The molecule has 0 radical (unpaired) electrons. The van der Waals surface area contributed by atoms with Gasteiger partial charge >= 0.3 is 0 Å². The van der Waals surface area contributed by atoms with Crippen molar-refractivity contribution in [2.45, 2.75) is 46.5 Å². The minimum absolute atomic E-state index is 0.587. The zero-order valence-corrected chi connectivity index (χ0v) is 12.4. The fourth-order valence-electron chi connectivity index (χ4n) is 1.83. The molecule has 4 nitrogen and oxygen atoms in total. The lowest BCUT2D eigenvalue weighted by molar-refractivity contribution is 0.694. The Hall–Kier alpha value is -0.900. The van der Waals surface area contributed by atoms with Crippen molar-refractivity contribution < 1.29 is 0 Å². The summed E-state index contributed by atoms with van der Waals surface area (Å²) in [6.07, 6.45) is 4.05. The molecule has 0 saturated heterocycles. The van der Waals surface area contributed by atoms with E-state index in [0.29, 0.717) is 5.88 Å². The summed E-state index contributed by atoms with van der Waals surface area (Å²) in [4.78, 5) is 6.75. The molecule has 0 atom stereocenters.